The molecule has 1 aromatic carbocycles. The third kappa shape index (κ3) is 1.35. The first-order chi connectivity index (χ1) is 6.63. The summed E-state index contributed by atoms with van der Waals surface area (Å²) in [6.45, 7) is 2.55. The minimum absolute atomic E-state index is 0.474. The van der Waals surface area contributed by atoms with Crippen LogP contribution in [0.15, 0.2) is 16.6 Å². The topological polar surface area (TPSA) is 43.8 Å². The molecule has 0 spiro atoms. The summed E-state index contributed by atoms with van der Waals surface area (Å²) < 4.78 is 3.11. The molecule has 0 bridgehead atoms. The van der Waals surface area contributed by atoms with Crippen LogP contribution in [-0.2, 0) is 13.6 Å². The normalized spacial score (nSPS) is 11.1. The number of fused-ring (bicyclic) bond motifs is 1. The maximum Gasteiger partial charge on any atom is 0.123 e. The minimum atomic E-state index is 0.474. The Morgan fingerprint density at radius 3 is 2.86 bits per heavy atom. The van der Waals surface area contributed by atoms with Gasteiger partial charge < -0.3 is 10.3 Å². The van der Waals surface area contributed by atoms with Crippen molar-refractivity contribution in [3.63, 3.8) is 0 Å². The molecule has 0 saturated carbocycles. The number of nitrogens with zero attached hydrogens (tertiary/aromatic N) is 2. The van der Waals surface area contributed by atoms with Crippen LogP contribution in [0.25, 0.3) is 11.0 Å². The molecule has 4 heteroatoms. The fourth-order valence-corrected chi connectivity index (χ4v) is 2.33. The Labute approximate surface area is 91.1 Å². The van der Waals surface area contributed by atoms with E-state index in [0.29, 0.717) is 6.54 Å². The van der Waals surface area contributed by atoms with Crippen molar-refractivity contribution in [1.82, 2.24) is 9.55 Å². The Bertz CT molecular complexity index is 488. The van der Waals surface area contributed by atoms with Gasteiger partial charge in [-0.3, -0.25) is 0 Å². The van der Waals surface area contributed by atoms with Crippen molar-refractivity contribution in [1.29, 1.82) is 0 Å². The third-order valence-corrected chi connectivity index (χ3v) is 2.86. The average Bonchev–Trinajstić information content (AvgIpc) is 2.42. The number of hydrogen-bond acceptors (Lipinski definition) is 2. The van der Waals surface area contributed by atoms with E-state index in [1.54, 1.807) is 0 Å². The van der Waals surface area contributed by atoms with Gasteiger partial charge in [0, 0.05) is 11.5 Å². The smallest absolute Gasteiger partial charge is 0.123 e. The molecule has 74 valence electrons. The highest BCUT2D eigenvalue weighted by molar-refractivity contribution is 9.10. The highest BCUT2D eigenvalue weighted by Crippen LogP contribution is 2.23. The van der Waals surface area contributed by atoms with Crippen LogP contribution in [0.5, 0.6) is 0 Å². The lowest BCUT2D eigenvalue weighted by Crippen LogP contribution is -2.04. The van der Waals surface area contributed by atoms with Crippen LogP contribution < -0.4 is 5.73 Å². The maximum absolute atomic E-state index is 5.61. The highest BCUT2D eigenvalue weighted by Gasteiger charge is 2.08. The van der Waals surface area contributed by atoms with Crippen molar-refractivity contribution in [3.05, 3.63) is 28.0 Å². The number of imidazole rings is 1. The molecule has 0 aliphatic carbocycles. The minimum Gasteiger partial charge on any atom is -0.330 e. The Hall–Kier alpha value is -0.870. The zero-order valence-corrected chi connectivity index (χ0v) is 9.80. The maximum atomic E-state index is 5.61. The second-order valence-corrected chi connectivity index (χ2v) is 4.30. The zero-order valence-electron chi connectivity index (χ0n) is 8.21. The molecule has 2 aromatic rings. The van der Waals surface area contributed by atoms with E-state index in [2.05, 4.69) is 38.5 Å². The molecular formula is C10H12BrN3. The molecule has 1 heterocycles. The molecule has 1 aromatic heterocycles. The van der Waals surface area contributed by atoms with Crippen molar-refractivity contribution in [2.45, 2.75) is 13.5 Å². The van der Waals surface area contributed by atoms with Gasteiger partial charge in [0.05, 0.1) is 17.6 Å². The van der Waals surface area contributed by atoms with Crippen LogP contribution in [0, 0.1) is 6.92 Å². The van der Waals surface area contributed by atoms with Crippen molar-refractivity contribution in [2.75, 3.05) is 0 Å². The second-order valence-electron chi connectivity index (χ2n) is 3.38. The van der Waals surface area contributed by atoms with Crippen LogP contribution in [0.4, 0.5) is 0 Å². The second kappa shape index (κ2) is 3.37. The van der Waals surface area contributed by atoms with Gasteiger partial charge >= 0.3 is 0 Å². The fourth-order valence-electron chi connectivity index (χ4n) is 1.77. The van der Waals surface area contributed by atoms with E-state index in [9.17, 15) is 0 Å². The number of rotatable bonds is 1. The summed E-state index contributed by atoms with van der Waals surface area (Å²) in [6, 6.07) is 4.10. The van der Waals surface area contributed by atoms with Crippen LogP contribution in [0.1, 0.15) is 11.4 Å². The summed E-state index contributed by atoms with van der Waals surface area (Å²) in [5.41, 5.74) is 8.98. The standard InChI is InChI=1S/C10H12BrN3/c1-6-3-7(11)4-8-10(6)14(2)9(5-12)13-8/h3-4H,5,12H2,1-2H3. The lowest BCUT2D eigenvalue weighted by Gasteiger charge is -2.01. The molecule has 2 N–H and O–H groups in total. The lowest BCUT2D eigenvalue weighted by molar-refractivity contribution is 0.811. The summed E-state index contributed by atoms with van der Waals surface area (Å²) in [5.74, 6) is 0.918. The Morgan fingerprint density at radius 2 is 2.21 bits per heavy atom. The number of hydrogen-bond donors (Lipinski definition) is 1. The van der Waals surface area contributed by atoms with Crippen LogP contribution in [0.2, 0.25) is 0 Å². The van der Waals surface area contributed by atoms with E-state index in [-0.39, 0.29) is 0 Å². The van der Waals surface area contributed by atoms with Gasteiger partial charge in [0.25, 0.3) is 0 Å². The first kappa shape index (κ1) is 9.68. The number of halogens is 1. The van der Waals surface area contributed by atoms with Crippen molar-refractivity contribution < 1.29 is 0 Å². The first-order valence-corrected chi connectivity index (χ1v) is 5.24. The van der Waals surface area contributed by atoms with Gasteiger partial charge in [-0.25, -0.2) is 4.98 Å². The molecule has 0 aliphatic rings. The van der Waals surface area contributed by atoms with Crippen LogP contribution in [-0.4, -0.2) is 9.55 Å². The van der Waals surface area contributed by atoms with Crippen molar-refractivity contribution in [2.24, 2.45) is 12.8 Å². The molecule has 0 fully saturated rings. The van der Waals surface area contributed by atoms with E-state index < -0.39 is 0 Å². The SMILES string of the molecule is Cc1cc(Br)cc2nc(CN)n(C)c12. The summed E-state index contributed by atoms with van der Waals surface area (Å²) in [4.78, 5) is 4.46. The fraction of sp³-hybridized carbons (Fsp3) is 0.300. The largest absolute Gasteiger partial charge is 0.330 e. The van der Waals surface area contributed by atoms with Crippen molar-refractivity contribution >= 4 is 27.0 Å². The molecule has 3 nitrogen and oxygen atoms in total. The molecule has 0 atom stereocenters. The Balaban J connectivity index is 2.85. The monoisotopic (exact) mass is 253 g/mol. The van der Waals surface area contributed by atoms with Crippen molar-refractivity contribution in [3.8, 4) is 0 Å². The van der Waals surface area contributed by atoms with Gasteiger partial charge in [0.2, 0.25) is 0 Å². The Kier molecular flexibility index (Phi) is 2.33. The predicted octanol–water partition coefficient (Wildman–Crippen LogP) is 2.10. The van der Waals surface area contributed by atoms with Gasteiger partial charge in [-0.15, -0.1) is 0 Å². The van der Waals surface area contributed by atoms with E-state index in [1.807, 2.05) is 13.1 Å². The average molecular weight is 254 g/mol. The van der Waals surface area contributed by atoms with Crippen LogP contribution in [0.3, 0.4) is 0 Å². The van der Waals surface area contributed by atoms with Gasteiger partial charge in [-0.1, -0.05) is 15.9 Å². The van der Waals surface area contributed by atoms with E-state index in [1.165, 1.54) is 5.56 Å². The number of nitrogens with two attached hydrogens (primary N) is 1. The molecule has 0 unspecified atom stereocenters. The molecule has 2 rings (SSSR count). The molecule has 0 amide bonds. The molecular weight excluding hydrogens is 242 g/mol. The quantitative estimate of drug-likeness (QED) is 0.846. The third-order valence-electron chi connectivity index (χ3n) is 2.40. The van der Waals surface area contributed by atoms with Crippen LogP contribution >= 0.6 is 15.9 Å². The summed E-state index contributed by atoms with van der Waals surface area (Å²) in [5, 5.41) is 0. The first-order valence-electron chi connectivity index (χ1n) is 4.45. The number of aryl methyl sites for hydroxylation is 2. The molecule has 14 heavy (non-hydrogen) atoms. The summed E-state index contributed by atoms with van der Waals surface area (Å²) in [7, 11) is 2.00. The van der Waals surface area contributed by atoms with Gasteiger partial charge in [-0.05, 0) is 24.6 Å². The Morgan fingerprint density at radius 1 is 1.50 bits per heavy atom. The van der Waals surface area contributed by atoms with E-state index >= 15 is 0 Å². The molecule has 0 saturated heterocycles. The molecule has 0 aliphatic heterocycles. The predicted molar refractivity (Wildman–Crippen MR) is 61.0 cm³/mol. The highest BCUT2D eigenvalue weighted by atomic mass is 79.9. The number of benzene rings is 1. The van der Waals surface area contributed by atoms with E-state index in [4.69, 9.17) is 5.73 Å². The molecule has 0 radical (unpaired) electrons. The zero-order chi connectivity index (χ0) is 10.3. The van der Waals surface area contributed by atoms with Gasteiger partial charge in [-0.2, -0.15) is 0 Å². The van der Waals surface area contributed by atoms with Gasteiger partial charge in [0.1, 0.15) is 5.82 Å². The van der Waals surface area contributed by atoms with E-state index in [0.717, 1.165) is 21.3 Å². The summed E-state index contributed by atoms with van der Waals surface area (Å²) in [6.07, 6.45) is 0. The number of aromatic nitrogens is 2. The summed E-state index contributed by atoms with van der Waals surface area (Å²) >= 11 is 3.46. The van der Waals surface area contributed by atoms with Gasteiger partial charge in [0.15, 0.2) is 0 Å². The lowest BCUT2D eigenvalue weighted by atomic mass is 10.2.